The summed E-state index contributed by atoms with van der Waals surface area (Å²) in [6.07, 6.45) is 7.91. The molecule has 0 unspecified atom stereocenters. The van der Waals surface area contributed by atoms with E-state index in [9.17, 15) is 4.39 Å². The summed E-state index contributed by atoms with van der Waals surface area (Å²) >= 11 is 0. The van der Waals surface area contributed by atoms with Crippen LogP contribution in [0.2, 0.25) is 0 Å². The highest BCUT2D eigenvalue weighted by molar-refractivity contribution is 5.54. The van der Waals surface area contributed by atoms with Gasteiger partial charge < -0.3 is 4.57 Å². The molecule has 0 saturated carbocycles. The lowest BCUT2D eigenvalue weighted by molar-refractivity contribution is 0.167. The van der Waals surface area contributed by atoms with Crippen molar-refractivity contribution >= 4 is 0 Å². The molecule has 27 heavy (non-hydrogen) atoms. The second-order valence-electron chi connectivity index (χ2n) is 7.42. The molecule has 0 aliphatic carbocycles. The van der Waals surface area contributed by atoms with Crippen LogP contribution in [0.25, 0.3) is 11.4 Å². The molecule has 0 bridgehead atoms. The van der Waals surface area contributed by atoms with Gasteiger partial charge in [0.25, 0.3) is 0 Å². The van der Waals surface area contributed by atoms with Crippen LogP contribution in [0.3, 0.4) is 0 Å². The molecule has 1 aromatic carbocycles. The zero-order chi connectivity index (χ0) is 18.6. The molecule has 0 N–H and O–H groups in total. The molecule has 0 atom stereocenters. The first-order chi connectivity index (χ1) is 13.2. The summed E-state index contributed by atoms with van der Waals surface area (Å²) < 4.78 is 15.7. The predicted molar refractivity (Wildman–Crippen MR) is 105 cm³/mol. The summed E-state index contributed by atoms with van der Waals surface area (Å²) in [6, 6.07) is 11.0. The zero-order valence-corrected chi connectivity index (χ0v) is 15.7. The Labute approximate surface area is 159 Å². The molecule has 0 radical (unpaired) electrons. The minimum Gasteiger partial charge on any atom is -0.328 e. The second kappa shape index (κ2) is 8.01. The van der Waals surface area contributed by atoms with Gasteiger partial charge in [-0.1, -0.05) is 12.1 Å². The number of aryl methyl sites for hydroxylation is 1. The number of hydrogen-bond acceptors (Lipinski definition) is 3. The van der Waals surface area contributed by atoms with Gasteiger partial charge in [0.05, 0.1) is 0 Å². The van der Waals surface area contributed by atoms with Gasteiger partial charge in [0.1, 0.15) is 11.6 Å². The van der Waals surface area contributed by atoms with E-state index in [1.807, 2.05) is 24.5 Å². The van der Waals surface area contributed by atoms with Crippen molar-refractivity contribution in [2.45, 2.75) is 32.9 Å². The molecule has 4 rings (SSSR count). The smallest absolute Gasteiger partial charge is 0.141 e. The lowest BCUT2D eigenvalue weighted by atomic mass is 9.96. The number of imidazole rings is 1. The van der Waals surface area contributed by atoms with E-state index < -0.39 is 0 Å². The first-order valence-electron chi connectivity index (χ1n) is 9.58. The van der Waals surface area contributed by atoms with Crippen molar-refractivity contribution in [2.24, 2.45) is 5.92 Å². The lowest BCUT2D eigenvalue weighted by Crippen LogP contribution is -2.34. The van der Waals surface area contributed by atoms with Crippen molar-refractivity contribution < 1.29 is 4.39 Å². The molecule has 3 aromatic rings. The van der Waals surface area contributed by atoms with Crippen LogP contribution in [-0.2, 0) is 13.1 Å². The summed E-state index contributed by atoms with van der Waals surface area (Å²) in [5.74, 6) is 1.49. The van der Waals surface area contributed by atoms with Gasteiger partial charge in [-0.2, -0.15) is 0 Å². The second-order valence-corrected chi connectivity index (χ2v) is 7.42. The fourth-order valence-electron chi connectivity index (χ4n) is 3.90. The molecule has 3 heterocycles. The molecule has 1 aliphatic rings. The molecule has 5 heteroatoms. The maximum atomic E-state index is 13.4. The molecule has 1 saturated heterocycles. The van der Waals surface area contributed by atoms with Gasteiger partial charge in [0.15, 0.2) is 0 Å². The van der Waals surface area contributed by atoms with Gasteiger partial charge in [0.2, 0.25) is 0 Å². The number of benzene rings is 1. The van der Waals surface area contributed by atoms with E-state index in [0.717, 1.165) is 56.0 Å². The van der Waals surface area contributed by atoms with Crippen LogP contribution in [0.15, 0.2) is 55.0 Å². The summed E-state index contributed by atoms with van der Waals surface area (Å²) in [7, 11) is 0. The van der Waals surface area contributed by atoms with Gasteiger partial charge in [-0.05, 0) is 68.6 Å². The van der Waals surface area contributed by atoms with Gasteiger partial charge in [-0.25, -0.2) is 9.37 Å². The Morgan fingerprint density at radius 2 is 1.96 bits per heavy atom. The number of piperidine rings is 1. The molecule has 0 amide bonds. The van der Waals surface area contributed by atoms with Crippen molar-refractivity contribution in [3.05, 3.63) is 72.1 Å². The third-order valence-electron chi connectivity index (χ3n) is 5.42. The van der Waals surface area contributed by atoms with Gasteiger partial charge in [0, 0.05) is 42.9 Å². The molecule has 0 spiro atoms. The van der Waals surface area contributed by atoms with E-state index in [2.05, 4.69) is 32.4 Å². The van der Waals surface area contributed by atoms with Crippen molar-refractivity contribution in [3.63, 3.8) is 0 Å². The molecule has 1 aliphatic heterocycles. The molecule has 140 valence electrons. The number of aromatic nitrogens is 3. The number of rotatable bonds is 5. The van der Waals surface area contributed by atoms with E-state index in [4.69, 9.17) is 0 Å². The number of nitrogens with zero attached hydrogens (tertiary/aromatic N) is 4. The van der Waals surface area contributed by atoms with Crippen LogP contribution in [0.4, 0.5) is 4.39 Å². The number of pyridine rings is 1. The predicted octanol–water partition coefficient (Wildman–Crippen LogP) is 4.30. The van der Waals surface area contributed by atoms with Crippen LogP contribution in [-0.4, -0.2) is 32.5 Å². The third kappa shape index (κ3) is 4.25. The summed E-state index contributed by atoms with van der Waals surface area (Å²) in [5, 5.41) is 0. The maximum absolute atomic E-state index is 13.4. The lowest BCUT2D eigenvalue weighted by Gasteiger charge is -2.32. The Balaban J connectivity index is 1.38. The maximum Gasteiger partial charge on any atom is 0.141 e. The van der Waals surface area contributed by atoms with E-state index in [1.165, 1.54) is 11.8 Å². The van der Waals surface area contributed by atoms with Gasteiger partial charge in [-0.3, -0.25) is 9.88 Å². The average Bonchev–Trinajstić information content (AvgIpc) is 3.05. The van der Waals surface area contributed by atoms with Crippen LogP contribution < -0.4 is 0 Å². The highest BCUT2D eigenvalue weighted by atomic mass is 19.1. The molecule has 1 fully saturated rings. The van der Waals surface area contributed by atoms with Crippen LogP contribution in [0, 0.1) is 18.7 Å². The van der Waals surface area contributed by atoms with Crippen molar-refractivity contribution in [2.75, 3.05) is 13.1 Å². The van der Waals surface area contributed by atoms with E-state index in [-0.39, 0.29) is 5.82 Å². The monoisotopic (exact) mass is 364 g/mol. The largest absolute Gasteiger partial charge is 0.328 e. The topological polar surface area (TPSA) is 34.0 Å². The van der Waals surface area contributed by atoms with E-state index in [1.54, 1.807) is 18.3 Å². The van der Waals surface area contributed by atoms with Gasteiger partial charge >= 0.3 is 0 Å². The summed E-state index contributed by atoms with van der Waals surface area (Å²) in [5.41, 5.74) is 3.31. The van der Waals surface area contributed by atoms with E-state index >= 15 is 0 Å². The molecule has 4 nitrogen and oxygen atoms in total. The minimum atomic E-state index is -0.152. The summed E-state index contributed by atoms with van der Waals surface area (Å²) in [6.45, 7) is 6.04. The minimum absolute atomic E-state index is 0.152. The van der Waals surface area contributed by atoms with Crippen molar-refractivity contribution in [1.82, 2.24) is 19.4 Å². The van der Waals surface area contributed by atoms with Crippen LogP contribution in [0.5, 0.6) is 0 Å². The van der Waals surface area contributed by atoms with Crippen LogP contribution >= 0.6 is 0 Å². The standard InChI is InChI=1S/C22H25FN4/c1-17-13-25-22(20-5-3-9-24-14-20)27(17)16-18-7-10-26(11-8-18)15-19-4-2-6-21(23)12-19/h2-6,9,12-14,18H,7-8,10-11,15-16H2,1H3. The highest BCUT2D eigenvalue weighted by Gasteiger charge is 2.21. The normalized spacial score (nSPS) is 15.9. The zero-order valence-electron chi connectivity index (χ0n) is 15.7. The van der Waals surface area contributed by atoms with Crippen molar-refractivity contribution in [1.29, 1.82) is 0 Å². The SMILES string of the molecule is Cc1cnc(-c2cccnc2)n1CC1CCN(Cc2cccc(F)c2)CC1. The Morgan fingerprint density at radius 1 is 1.11 bits per heavy atom. The van der Waals surface area contributed by atoms with Gasteiger partial charge in [-0.15, -0.1) is 0 Å². The average molecular weight is 364 g/mol. The number of halogens is 1. The molecule has 2 aromatic heterocycles. The Hall–Kier alpha value is -2.53. The quantitative estimate of drug-likeness (QED) is 0.677. The number of likely N-dealkylation sites (tertiary alicyclic amines) is 1. The fraction of sp³-hybridized carbons (Fsp3) is 0.364. The van der Waals surface area contributed by atoms with Crippen LogP contribution in [0.1, 0.15) is 24.1 Å². The van der Waals surface area contributed by atoms with E-state index in [0.29, 0.717) is 5.92 Å². The Bertz CT molecular complexity index is 882. The number of hydrogen-bond donors (Lipinski definition) is 0. The Kier molecular flexibility index (Phi) is 5.30. The highest BCUT2D eigenvalue weighted by Crippen LogP contribution is 2.25. The fourth-order valence-corrected chi connectivity index (χ4v) is 3.90. The first kappa shape index (κ1) is 17.9. The molecular formula is C22H25FN4. The van der Waals surface area contributed by atoms with Crippen molar-refractivity contribution in [3.8, 4) is 11.4 Å². The third-order valence-corrected chi connectivity index (χ3v) is 5.42. The summed E-state index contributed by atoms with van der Waals surface area (Å²) in [4.78, 5) is 11.3. The molecular weight excluding hydrogens is 339 g/mol. The first-order valence-corrected chi connectivity index (χ1v) is 9.58. The Morgan fingerprint density at radius 3 is 2.70 bits per heavy atom.